The first-order valence-corrected chi connectivity index (χ1v) is 12.5. The highest BCUT2D eigenvalue weighted by atomic mass is 35.5. The Kier molecular flexibility index (Phi) is 7.14. The number of benzene rings is 2. The highest BCUT2D eigenvalue weighted by Gasteiger charge is 2.17. The van der Waals surface area contributed by atoms with E-state index in [4.69, 9.17) is 23.2 Å². The fraction of sp³-hybridized carbons (Fsp3) is 0.125. The molecule has 0 unspecified atom stereocenters. The SMILES string of the molecule is CCc1ccc2c(Cl)c(C(=O)N/N=C(\C)c3ccc(NC(=O)c4ccc(Cl)s4)cc3)sc2c1. The number of thiophene rings is 2. The Morgan fingerprint density at radius 3 is 2.39 bits per heavy atom. The molecule has 4 rings (SSSR count). The predicted octanol–water partition coefficient (Wildman–Crippen LogP) is 7.24. The highest BCUT2D eigenvalue weighted by molar-refractivity contribution is 7.21. The Morgan fingerprint density at radius 2 is 1.73 bits per heavy atom. The first kappa shape index (κ1) is 23.4. The smallest absolute Gasteiger partial charge is 0.283 e. The molecule has 0 bridgehead atoms. The van der Waals surface area contributed by atoms with Crippen LogP contribution >= 0.6 is 45.9 Å². The Morgan fingerprint density at radius 1 is 0.970 bits per heavy atom. The van der Waals surface area contributed by atoms with Gasteiger partial charge in [0.2, 0.25) is 0 Å². The molecule has 9 heteroatoms. The third kappa shape index (κ3) is 5.28. The lowest BCUT2D eigenvalue weighted by Gasteiger charge is -2.06. The molecule has 4 aromatic rings. The quantitative estimate of drug-likeness (QED) is 0.210. The van der Waals surface area contributed by atoms with Gasteiger partial charge >= 0.3 is 0 Å². The molecule has 0 aliphatic heterocycles. The van der Waals surface area contributed by atoms with Gasteiger partial charge in [0.25, 0.3) is 11.8 Å². The van der Waals surface area contributed by atoms with Crippen LogP contribution in [-0.2, 0) is 6.42 Å². The highest BCUT2D eigenvalue weighted by Crippen LogP contribution is 2.36. The molecule has 168 valence electrons. The third-order valence-corrected chi connectivity index (χ3v) is 7.88. The summed E-state index contributed by atoms with van der Waals surface area (Å²) < 4.78 is 1.54. The Bertz CT molecular complexity index is 1370. The summed E-state index contributed by atoms with van der Waals surface area (Å²) in [5.41, 5.74) is 5.86. The summed E-state index contributed by atoms with van der Waals surface area (Å²) in [6.07, 6.45) is 0.918. The molecular weight excluding hydrogens is 497 g/mol. The van der Waals surface area contributed by atoms with E-state index >= 15 is 0 Å². The second kappa shape index (κ2) is 10.1. The van der Waals surface area contributed by atoms with Gasteiger partial charge in [0, 0.05) is 15.8 Å². The fourth-order valence-corrected chi connectivity index (χ4v) is 5.56. The fourth-order valence-electron chi connectivity index (χ4n) is 3.15. The number of nitrogens with zero attached hydrogens (tertiary/aromatic N) is 1. The number of halogens is 2. The van der Waals surface area contributed by atoms with E-state index < -0.39 is 0 Å². The number of rotatable bonds is 6. The predicted molar refractivity (Wildman–Crippen MR) is 140 cm³/mol. The Labute approximate surface area is 209 Å². The maximum absolute atomic E-state index is 12.7. The van der Waals surface area contributed by atoms with Crippen LogP contribution in [-0.4, -0.2) is 17.5 Å². The summed E-state index contributed by atoms with van der Waals surface area (Å²) in [5.74, 6) is -0.569. The van der Waals surface area contributed by atoms with Crippen molar-refractivity contribution >= 4 is 79.2 Å². The van der Waals surface area contributed by atoms with E-state index in [2.05, 4.69) is 28.8 Å². The minimum Gasteiger partial charge on any atom is -0.321 e. The van der Waals surface area contributed by atoms with E-state index in [1.165, 1.54) is 28.2 Å². The average Bonchev–Trinajstić information content (AvgIpc) is 3.40. The van der Waals surface area contributed by atoms with Gasteiger partial charge in [-0.3, -0.25) is 9.59 Å². The van der Waals surface area contributed by atoms with Gasteiger partial charge < -0.3 is 5.32 Å². The summed E-state index contributed by atoms with van der Waals surface area (Å²) in [6, 6.07) is 16.6. The molecule has 0 fully saturated rings. The number of nitrogens with one attached hydrogen (secondary N) is 2. The minimum absolute atomic E-state index is 0.219. The van der Waals surface area contributed by atoms with Crippen LogP contribution in [0.25, 0.3) is 10.1 Å². The van der Waals surface area contributed by atoms with Crippen molar-refractivity contribution in [1.82, 2.24) is 5.43 Å². The van der Waals surface area contributed by atoms with Crippen LogP contribution in [0.3, 0.4) is 0 Å². The number of hydrazone groups is 1. The number of carbonyl (C=O) groups is 2. The van der Waals surface area contributed by atoms with Crippen molar-refractivity contribution in [2.45, 2.75) is 20.3 Å². The number of amides is 2. The van der Waals surface area contributed by atoms with E-state index in [0.29, 0.717) is 30.5 Å². The van der Waals surface area contributed by atoms with Gasteiger partial charge in [-0.05, 0) is 54.8 Å². The van der Waals surface area contributed by atoms with E-state index in [1.807, 2.05) is 24.3 Å². The van der Waals surface area contributed by atoms with Crippen molar-refractivity contribution in [1.29, 1.82) is 0 Å². The van der Waals surface area contributed by atoms with Crippen LogP contribution in [0, 0.1) is 0 Å². The first-order chi connectivity index (χ1) is 15.9. The van der Waals surface area contributed by atoms with Crippen LogP contribution in [0.15, 0.2) is 59.7 Å². The Hall–Kier alpha value is -2.71. The van der Waals surface area contributed by atoms with Crippen LogP contribution in [0.1, 0.15) is 44.3 Å². The van der Waals surface area contributed by atoms with Crippen molar-refractivity contribution in [3.8, 4) is 0 Å². The molecule has 0 atom stereocenters. The van der Waals surface area contributed by atoms with E-state index in [9.17, 15) is 9.59 Å². The summed E-state index contributed by atoms with van der Waals surface area (Å²) in [4.78, 5) is 25.9. The lowest BCUT2D eigenvalue weighted by atomic mass is 10.1. The summed E-state index contributed by atoms with van der Waals surface area (Å²) in [6.45, 7) is 3.88. The second-order valence-corrected chi connectivity index (χ2v) is 10.3. The number of aryl methyl sites for hydroxylation is 1. The number of hydrogen-bond donors (Lipinski definition) is 2. The zero-order chi connectivity index (χ0) is 23.5. The van der Waals surface area contributed by atoms with Crippen molar-refractivity contribution in [2.75, 3.05) is 5.32 Å². The van der Waals surface area contributed by atoms with Crippen LogP contribution in [0.2, 0.25) is 9.36 Å². The number of anilines is 1. The standard InChI is InChI=1S/C24H19Cl2N3O2S2/c1-3-14-4-9-17-19(12-14)33-22(21(17)26)24(31)29-28-13(2)15-5-7-16(8-6-15)27-23(30)18-10-11-20(25)32-18/h4-12H,3H2,1-2H3,(H,27,30)(H,29,31)/b28-13+. The van der Waals surface area contributed by atoms with Crippen molar-refractivity contribution in [3.05, 3.63) is 84.8 Å². The third-order valence-electron chi connectivity index (χ3n) is 4.99. The van der Waals surface area contributed by atoms with Crippen molar-refractivity contribution in [3.63, 3.8) is 0 Å². The van der Waals surface area contributed by atoms with Gasteiger partial charge in [-0.25, -0.2) is 5.43 Å². The monoisotopic (exact) mass is 515 g/mol. The van der Waals surface area contributed by atoms with Gasteiger partial charge in [0.15, 0.2) is 0 Å². The van der Waals surface area contributed by atoms with E-state index in [-0.39, 0.29) is 11.8 Å². The molecule has 33 heavy (non-hydrogen) atoms. The van der Waals surface area contributed by atoms with Crippen LogP contribution in [0.5, 0.6) is 0 Å². The summed E-state index contributed by atoms with van der Waals surface area (Å²) in [7, 11) is 0. The molecule has 0 saturated heterocycles. The van der Waals surface area contributed by atoms with Gasteiger partial charge in [0.05, 0.1) is 19.9 Å². The molecule has 2 aromatic heterocycles. The van der Waals surface area contributed by atoms with Crippen LogP contribution in [0.4, 0.5) is 5.69 Å². The second-order valence-electron chi connectivity index (χ2n) is 7.20. The molecular formula is C24H19Cl2N3O2S2. The molecule has 0 saturated carbocycles. The molecule has 0 radical (unpaired) electrons. The normalized spacial score (nSPS) is 11.6. The van der Waals surface area contributed by atoms with Crippen molar-refractivity contribution < 1.29 is 9.59 Å². The Balaban J connectivity index is 1.43. The molecule has 5 nitrogen and oxygen atoms in total. The van der Waals surface area contributed by atoms with Crippen molar-refractivity contribution in [2.24, 2.45) is 5.10 Å². The molecule has 0 aliphatic rings. The van der Waals surface area contributed by atoms with Gasteiger partial charge in [0.1, 0.15) is 4.88 Å². The molecule has 2 aromatic carbocycles. The zero-order valence-electron chi connectivity index (χ0n) is 17.7. The van der Waals surface area contributed by atoms with Gasteiger partial charge in [-0.1, -0.05) is 54.4 Å². The number of fused-ring (bicyclic) bond motifs is 1. The largest absolute Gasteiger partial charge is 0.321 e. The first-order valence-electron chi connectivity index (χ1n) is 10.1. The lowest BCUT2D eigenvalue weighted by Crippen LogP contribution is -2.18. The lowest BCUT2D eigenvalue weighted by molar-refractivity contribution is 0.0958. The topological polar surface area (TPSA) is 70.6 Å². The zero-order valence-corrected chi connectivity index (χ0v) is 20.9. The molecule has 2 N–H and O–H groups in total. The molecule has 2 heterocycles. The minimum atomic E-state index is -0.350. The average molecular weight is 516 g/mol. The maximum atomic E-state index is 12.7. The summed E-state index contributed by atoms with van der Waals surface area (Å²) in [5, 5.41) is 8.36. The van der Waals surface area contributed by atoms with Gasteiger partial charge in [-0.2, -0.15) is 5.10 Å². The summed E-state index contributed by atoms with van der Waals surface area (Å²) >= 11 is 14.9. The van der Waals surface area contributed by atoms with Crippen LogP contribution < -0.4 is 10.7 Å². The van der Waals surface area contributed by atoms with E-state index in [1.54, 1.807) is 31.2 Å². The molecule has 2 amide bonds. The van der Waals surface area contributed by atoms with E-state index in [0.717, 1.165) is 22.1 Å². The molecule has 0 aliphatic carbocycles. The maximum Gasteiger partial charge on any atom is 0.283 e. The molecule has 0 spiro atoms. The number of hydrogen-bond acceptors (Lipinski definition) is 5. The number of carbonyl (C=O) groups excluding carboxylic acids is 2. The van der Waals surface area contributed by atoms with Gasteiger partial charge in [-0.15, -0.1) is 22.7 Å².